The van der Waals surface area contributed by atoms with Crippen LogP contribution in [0.5, 0.6) is 0 Å². The Kier molecular flexibility index (Phi) is 5.00. The highest BCUT2D eigenvalue weighted by atomic mass is 19.4. The second-order valence-corrected chi connectivity index (χ2v) is 5.29. The van der Waals surface area contributed by atoms with Crippen LogP contribution in [0.4, 0.5) is 19.0 Å². The van der Waals surface area contributed by atoms with E-state index in [0.717, 1.165) is 12.3 Å². The maximum absolute atomic E-state index is 13.2. The van der Waals surface area contributed by atoms with E-state index in [0.29, 0.717) is 5.82 Å². The summed E-state index contributed by atoms with van der Waals surface area (Å²) in [6, 6.07) is 0.381. The molecule has 11 heteroatoms. The van der Waals surface area contributed by atoms with Crippen LogP contribution >= 0.6 is 0 Å². The van der Waals surface area contributed by atoms with Crippen molar-refractivity contribution in [1.82, 2.24) is 30.5 Å². The van der Waals surface area contributed by atoms with Crippen molar-refractivity contribution < 1.29 is 18.0 Å². The fourth-order valence-corrected chi connectivity index (χ4v) is 2.19. The fraction of sp³-hybridized carbons (Fsp3) is 0.462. The molecule has 0 aliphatic heterocycles. The van der Waals surface area contributed by atoms with Gasteiger partial charge in [-0.3, -0.25) is 4.79 Å². The number of amides is 1. The molecule has 0 bridgehead atoms. The molecule has 0 aromatic carbocycles. The van der Waals surface area contributed by atoms with Crippen molar-refractivity contribution in [2.45, 2.75) is 32.5 Å². The SMILES string of the molecule is CC(C)N(CCc1nn[nH]n1)C(=O)c1c(C(F)(F)F)ccnc1N. The summed E-state index contributed by atoms with van der Waals surface area (Å²) in [4.78, 5) is 17.6. The lowest BCUT2D eigenvalue weighted by Gasteiger charge is -2.28. The quantitative estimate of drug-likeness (QED) is 0.845. The zero-order chi connectivity index (χ0) is 17.9. The second-order valence-electron chi connectivity index (χ2n) is 5.29. The van der Waals surface area contributed by atoms with Gasteiger partial charge in [-0.1, -0.05) is 5.21 Å². The number of tetrazole rings is 1. The molecule has 0 fully saturated rings. The predicted molar refractivity (Wildman–Crippen MR) is 77.7 cm³/mol. The summed E-state index contributed by atoms with van der Waals surface area (Å²) in [5.41, 5.74) is 3.80. The van der Waals surface area contributed by atoms with E-state index >= 15 is 0 Å². The average molecular weight is 343 g/mol. The van der Waals surface area contributed by atoms with Gasteiger partial charge in [-0.15, -0.1) is 10.2 Å². The minimum atomic E-state index is -4.71. The molecule has 2 aromatic rings. The number of nitrogens with one attached hydrogen (secondary N) is 1. The normalized spacial score (nSPS) is 11.8. The lowest BCUT2D eigenvalue weighted by molar-refractivity contribution is -0.138. The molecule has 0 radical (unpaired) electrons. The van der Waals surface area contributed by atoms with Crippen LogP contribution in [0.1, 0.15) is 35.6 Å². The van der Waals surface area contributed by atoms with Crippen molar-refractivity contribution in [3.63, 3.8) is 0 Å². The van der Waals surface area contributed by atoms with Crippen molar-refractivity contribution in [3.05, 3.63) is 29.2 Å². The Bertz CT molecular complexity index is 700. The fourth-order valence-electron chi connectivity index (χ4n) is 2.19. The van der Waals surface area contributed by atoms with Crippen LogP contribution in [-0.4, -0.2) is 49.0 Å². The van der Waals surface area contributed by atoms with Gasteiger partial charge >= 0.3 is 6.18 Å². The largest absolute Gasteiger partial charge is 0.417 e. The van der Waals surface area contributed by atoms with Gasteiger partial charge in [0.05, 0.1) is 11.1 Å². The third kappa shape index (κ3) is 3.78. The molecule has 0 aliphatic carbocycles. The van der Waals surface area contributed by atoms with E-state index in [9.17, 15) is 18.0 Å². The van der Waals surface area contributed by atoms with Gasteiger partial charge in [0.15, 0.2) is 5.82 Å². The Morgan fingerprint density at radius 3 is 2.67 bits per heavy atom. The first-order valence-electron chi connectivity index (χ1n) is 7.06. The van der Waals surface area contributed by atoms with E-state index < -0.39 is 29.0 Å². The first kappa shape index (κ1) is 17.6. The van der Waals surface area contributed by atoms with Gasteiger partial charge in [-0.25, -0.2) is 4.98 Å². The molecule has 1 amide bonds. The van der Waals surface area contributed by atoms with Crippen LogP contribution in [0.2, 0.25) is 0 Å². The van der Waals surface area contributed by atoms with Crippen molar-refractivity contribution in [3.8, 4) is 0 Å². The maximum atomic E-state index is 13.2. The Morgan fingerprint density at radius 2 is 2.12 bits per heavy atom. The lowest BCUT2D eigenvalue weighted by Crippen LogP contribution is -2.40. The number of H-pyrrole nitrogens is 1. The molecule has 3 N–H and O–H groups in total. The van der Waals surface area contributed by atoms with Crippen molar-refractivity contribution in [2.24, 2.45) is 0 Å². The zero-order valence-electron chi connectivity index (χ0n) is 13.0. The molecule has 0 aliphatic rings. The number of alkyl halides is 3. The second kappa shape index (κ2) is 6.81. The van der Waals surface area contributed by atoms with Crippen LogP contribution in [0, 0.1) is 0 Å². The summed E-state index contributed by atoms with van der Waals surface area (Å²) in [7, 11) is 0. The van der Waals surface area contributed by atoms with E-state index in [-0.39, 0.29) is 19.0 Å². The Balaban J connectivity index is 2.33. The molecule has 24 heavy (non-hydrogen) atoms. The van der Waals surface area contributed by atoms with Crippen LogP contribution in [0.3, 0.4) is 0 Å². The summed E-state index contributed by atoms with van der Waals surface area (Å²) in [5, 5.41) is 13.2. The van der Waals surface area contributed by atoms with Gasteiger partial charge < -0.3 is 10.6 Å². The molecule has 0 saturated carbocycles. The van der Waals surface area contributed by atoms with Crippen molar-refractivity contribution in [1.29, 1.82) is 0 Å². The minimum absolute atomic E-state index is 0.113. The number of hydrogen-bond donors (Lipinski definition) is 2. The summed E-state index contributed by atoms with van der Waals surface area (Å²) < 4.78 is 39.5. The molecule has 0 spiro atoms. The highest BCUT2D eigenvalue weighted by molar-refractivity contribution is 6.00. The number of halogens is 3. The molecule has 2 aromatic heterocycles. The zero-order valence-corrected chi connectivity index (χ0v) is 13.0. The van der Waals surface area contributed by atoms with E-state index in [4.69, 9.17) is 5.73 Å². The van der Waals surface area contributed by atoms with Crippen LogP contribution in [-0.2, 0) is 12.6 Å². The molecule has 2 heterocycles. The van der Waals surface area contributed by atoms with E-state index in [1.165, 1.54) is 4.90 Å². The van der Waals surface area contributed by atoms with Gasteiger partial charge in [0.1, 0.15) is 5.82 Å². The van der Waals surface area contributed by atoms with Gasteiger partial charge in [-0.2, -0.15) is 18.4 Å². The Morgan fingerprint density at radius 1 is 1.42 bits per heavy atom. The number of anilines is 1. The molecule has 2 rings (SSSR count). The summed E-state index contributed by atoms with van der Waals surface area (Å²) >= 11 is 0. The third-order valence-corrected chi connectivity index (χ3v) is 3.35. The summed E-state index contributed by atoms with van der Waals surface area (Å²) in [5.74, 6) is -0.949. The summed E-state index contributed by atoms with van der Waals surface area (Å²) in [6.07, 6.45) is -3.55. The standard InChI is InChI=1S/C13H16F3N7O/c1-7(2)23(6-4-9-19-21-22-20-9)12(24)10-8(13(14,15)16)3-5-18-11(10)17/h3,5,7H,4,6H2,1-2H3,(H2,17,18)(H,19,20,21,22). The number of pyridine rings is 1. The number of aromatic nitrogens is 5. The van der Waals surface area contributed by atoms with E-state index in [1.807, 2.05) is 0 Å². The van der Waals surface area contributed by atoms with Gasteiger partial charge in [0, 0.05) is 25.2 Å². The number of nitrogens with two attached hydrogens (primary N) is 1. The van der Waals surface area contributed by atoms with Crippen LogP contribution < -0.4 is 5.73 Å². The molecule has 0 unspecified atom stereocenters. The first-order valence-corrected chi connectivity index (χ1v) is 7.06. The maximum Gasteiger partial charge on any atom is 0.417 e. The molecule has 0 atom stereocenters. The summed E-state index contributed by atoms with van der Waals surface area (Å²) in [6.45, 7) is 3.49. The molecular weight excluding hydrogens is 327 g/mol. The van der Waals surface area contributed by atoms with Crippen LogP contribution in [0.15, 0.2) is 12.3 Å². The highest BCUT2D eigenvalue weighted by Crippen LogP contribution is 2.34. The van der Waals surface area contributed by atoms with Gasteiger partial charge in [0.25, 0.3) is 5.91 Å². The predicted octanol–water partition coefficient (Wildman–Crippen LogP) is 1.29. The number of carbonyl (C=O) groups is 1. The first-order chi connectivity index (χ1) is 11.2. The van der Waals surface area contributed by atoms with Gasteiger partial charge in [0.2, 0.25) is 0 Å². The molecule has 8 nitrogen and oxygen atoms in total. The van der Waals surface area contributed by atoms with Crippen molar-refractivity contribution in [2.75, 3.05) is 12.3 Å². The van der Waals surface area contributed by atoms with E-state index in [2.05, 4.69) is 25.6 Å². The topological polar surface area (TPSA) is 114 Å². The Hall–Kier alpha value is -2.72. The Labute approximate surface area is 135 Å². The smallest absolute Gasteiger partial charge is 0.383 e. The number of carbonyl (C=O) groups excluding carboxylic acids is 1. The number of rotatable bonds is 5. The third-order valence-electron chi connectivity index (χ3n) is 3.35. The molecular formula is C13H16F3N7O. The van der Waals surface area contributed by atoms with Gasteiger partial charge in [-0.05, 0) is 19.9 Å². The molecule has 130 valence electrons. The number of nitrogens with zero attached hydrogens (tertiary/aromatic N) is 5. The average Bonchev–Trinajstić information content (AvgIpc) is 2.99. The lowest BCUT2D eigenvalue weighted by atomic mass is 10.1. The van der Waals surface area contributed by atoms with Crippen LogP contribution in [0.25, 0.3) is 0 Å². The highest BCUT2D eigenvalue weighted by Gasteiger charge is 2.38. The monoisotopic (exact) mass is 343 g/mol. The minimum Gasteiger partial charge on any atom is -0.383 e. The van der Waals surface area contributed by atoms with Crippen molar-refractivity contribution >= 4 is 11.7 Å². The number of aromatic amines is 1. The molecule has 0 saturated heterocycles. The number of hydrogen-bond acceptors (Lipinski definition) is 6. The van der Waals surface area contributed by atoms with E-state index in [1.54, 1.807) is 13.8 Å². The number of nitrogen functional groups attached to an aromatic ring is 1.